The molecular formula is C9H14ClN3O2S. The van der Waals surface area contributed by atoms with Gasteiger partial charge in [-0.3, -0.25) is 9.71 Å². The summed E-state index contributed by atoms with van der Waals surface area (Å²) in [4.78, 5) is 7.54. The van der Waals surface area contributed by atoms with Crippen molar-refractivity contribution < 1.29 is 8.42 Å². The van der Waals surface area contributed by atoms with E-state index in [2.05, 4.69) is 14.7 Å². The Labute approximate surface area is 100 Å². The highest BCUT2D eigenvalue weighted by atomic mass is 35.5. The molecule has 1 rings (SSSR count). The number of anilines is 1. The minimum absolute atomic E-state index is 0.00813. The second-order valence-corrected chi connectivity index (χ2v) is 6.76. The van der Waals surface area contributed by atoms with E-state index in [9.17, 15) is 8.42 Å². The molecule has 5 nitrogen and oxygen atoms in total. The summed E-state index contributed by atoms with van der Waals surface area (Å²) in [5.74, 6) is 0.144. The molecule has 1 aromatic rings. The van der Waals surface area contributed by atoms with E-state index in [1.54, 1.807) is 0 Å². The van der Waals surface area contributed by atoms with Gasteiger partial charge in [-0.15, -0.1) is 0 Å². The summed E-state index contributed by atoms with van der Waals surface area (Å²) < 4.78 is 25.7. The van der Waals surface area contributed by atoms with Crippen molar-refractivity contribution in [3.05, 3.63) is 17.5 Å². The van der Waals surface area contributed by atoms with Gasteiger partial charge in [-0.2, -0.15) is 0 Å². The molecule has 0 unspecified atom stereocenters. The van der Waals surface area contributed by atoms with Crippen molar-refractivity contribution in [3.63, 3.8) is 0 Å². The Bertz CT molecular complexity index is 468. The molecule has 90 valence electrons. The standard InChI is InChI=1S/C9H14ClN3O2S/c1-9(2,3)6-16(14,15)13-8-5-11-4-7(10)12-8/h4-5H,6H2,1-3H3,(H,12,13). The highest BCUT2D eigenvalue weighted by Gasteiger charge is 2.21. The Hall–Kier alpha value is -0.880. The lowest BCUT2D eigenvalue weighted by Crippen LogP contribution is -2.26. The number of hydrogen-bond donors (Lipinski definition) is 1. The molecule has 0 saturated carbocycles. The third-order valence-corrected chi connectivity index (χ3v) is 3.44. The van der Waals surface area contributed by atoms with E-state index in [4.69, 9.17) is 11.6 Å². The summed E-state index contributed by atoms with van der Waals surface area (Å²) in [6.45, 7) is 5.53. The van der Waals surface area contributed by atoms with Crippen LogP contribution in [-0.4, -0.2) is 24.1 Å². The molecule has 1 heterocycles. The van der Waals surface area contributed by atoms with Crippen LogP contribution in [0.15, 0.2) is 12.4 Å². The zero-order valence-corrected chi connectivity index (χ0v) is 10.9. The lowest BCUT2D eigenvalue weighted by molar-refractivity contribution is 0.463. The van der Waals surface area contributed by atoms with Crippen molar-refractivity contribution in [3.8, 4) is 0 Å². The van der Waals surface area contributed by atoms with Gasteiger partial charge in [0.25, 0.3) is 0 Å². The number of aromatic nitrogens is 2. The van der Waals surface area contributed by atoms with E-state index in [-0.39, 0.29) is 22.1 Å². The molecule has 0 amide bonds. The fraction of sp³-hybridized carbons (Fsp3) is 0.556. The average Bonchev–Trinajstić information content (AvgIpc) is 1.96. The first-order valence-electron chi connectivity index (χ1n) is 4.66. The zero-order chi connectivity index (χ0) is 12.4. The number of nitrogens with one attached hydrogen (secondary N) is 1. The zero-order valence-electron chi connectivity index (χ0n) is 9.36. The summed E-state index contributed by atoms with van der Waals surface area (Å²) in [7, 11) is -3.42. The van der Waals surface area contributed by atoms with Gasteiger partial charge in [0, 0.05) is 0 Å². The normalized spacial score (nSPS) is 12.5. The van der Waals surface area contributed by atoms with Crippen molar-refractivity contribution in [1.29, 1.82) is 0 Å². The molecule has 0 bridgehead atoms. The van der Waals surface area contributed by atoms with Crippen molar-refractivity contribution >= 4 is 27.4 Å². The van der Waals surface area contributed by atoms with Crippen molar-refractivity contribution in [1.82, 2.24) is 9.97 Å². The second-order valence-electron chi connectivity index (χ2n) is 4.65. The fourth-order valence-corrected chi connectivity index (χ4v) is 2.93. The molecule has 0 radical (unpaired) electrons. The van der Waals surface area contributed by atoms with Crippen LogP contribution in [0.25, 0.3) is 0 Å². The topological polar surface area (TPSA) is 72.0 Å². The molecule has 0 aliphatic rings. The highest BCUT2D eigenvalue weighted by Crippen LogP contribution is 2.17. The molecule has 0 fully saturated rings. The molecule has 7 heteroatoms. The molecule has 0 atom stereocenters. The Morgan fingerprint density at radius 2 is 2.00 bits per heavy atom. The third-order valence-electron chi connectivity index (χ3n) is 1.49. The molecule has 0 aromatic carbocycles. The summed E-state index contributed by atoms with van der Waals surface area (Å²) in [5.41, 5.74) is -0.322. The minimum Gasteiger partial charge on any atom is -0.266 e. The maximum absolute atomic E-state index is 11.7. The number of sulfonamides is 1. The monoisotopic (exact) mass is 263 g/mol. The molecule has 0 spiro atoms. The van der Waals surface area contributed by atoms with Crippen LogP contribution in [0, 0.1) is 5.41 Å². The lowest BCUT2D eigenvalue weighted by atomic mass is 10.0. The molecule has 0 aliphatic carbocycles. The van der Waals surface area contributed by atoms with Gasteiger partial charge in [0.2, 0.25) is 10.0 Å². The van der Waals surface area contributed by atoms with E-state index >= 15 is 0 Å². The summed E-state index contributed by atoms with van der Waals surface area (Å²) in [6.07, 6.45) is 2.65. The summed E-state index contributed by atoms with van der Waals surface area (Å²) >= 11 is 5.60. The van der Waals surface area contributed by atoms with Gasteiger partial charge in [-0.05, 0) is 5.41 Å². The van der Waals surface area contributed by atoms with Gasteiger partial charge in [-0.1, -0.05) is 32.4 Å². The van der Waals surface area contributed by atoms with Crippen molar-refractivity contribution in [2.24, 2.45) is 5.41 Å². The van der Waals surface area contributed by atoms with E-state index in [1.165, 1.54) is 12.4 Å². The van der Waals surface area contributed by atoms with Crippen LogP contribution >= 0.6 is 11.6 Å². The number of halogens is 1. The Morgan fingerprint density at radius 3 is 2.50 bits per heavy atom. The Kier molecular flexibility index (Phi) is 3.75. The van der Waals surface area contributed by atoms with Crippen LogP contribution in [0.2, 0.25) is 5.15 Å². The van der Waals surface area contributed by atoms with Gasteiger partial charge >= 0.3 is 0 Å². The Balaban J connectivity index is 2.81. The van der Waals surface area contributed by atoms with E-state index in [1.807, 2.05) is 20.8 Å². The van der Waals surface area contributed by atoms with E-state index < -0.39 is 10.0 Å². The number of rotatable bonds is 3. The third kappa shape index (κ3) is 4.76. The number of hydrogen-bond acceptors (Lipinski definition) is 4. The van der Waals surface area contributed by atoms with Crippen molar-refractivity contribution in [2.45, 2.75) is 20.8 Å². The summed E-state index contributed by atoms with van der Waals surface area (Å²) in [6, 6.07) is 0. The molecule has 0 aliphatic heterocycles. The second kappa shape index (κ2) is 4.55. The fourth-order valence-electron chi connectivity index (χ4n) is 1.16. The van der Waals surface area contributed by atoms with Gasteiger partial charge in [-0.25, -0.2) is 13.4 Å². The summed E-state index contributed by atoms with van der Waals surface area (Å²) in [5, 5.41) is 0.149. The van der Waals surface area contributed by atoms with Gasteiger partial charge < -0.3 is 0 Å². The van der Waals surface area contributed by atoms with Gasteiger partial charge in [0.05, 0.1) is 18.1 Å². The first kappa shape index (κ1) is 13.2. The van der Waals surface area contributed by atoms with Crippen molar-refractivity contribution in [2.75, 3.05) is 10.5 Å². The molecule has 1 N–H and O–H groups in total. The predicted molar refractivity (Wildman–Crippen MR) is 63.9 cm³/mol. The smallest absolute Gasteiger partial charge is 0.234 e. The van der Waals surface area contributed by atoms with E-state index in [0.29, 0.717) is 0 Å². The SMILES string of the molecule is CC(C)(C)CS(=O)(=O)Nc1cncc(Cl)n1. The highest BCUT2D eigenvalue weighted by molar-refractivity contribution is 7.92. The minimum atomic E-state index is -3.42. The van der Waals surface area contributed by atoms with Crippen LogP contribution < -0.4 is 4.72 Å². The van der Waals surface area contributed by atoms with E-state index in [0.717, 1.165) is 0 Å². The lowest BCUT2D eigenvalue weighted by Gasteiger charge is -2.18. The van der Waals surface area contributed by atoms with Gasteiger partial charge in [0.1, 0.15) is 5.15 Å². The maximum atomic E-state index is 11.7. The maximum Gasteiger partial charge on any atom is 0.234 e. The molecule has 0 saturated heterocycles. The molecular weight excluding hydrogens is 250 g/mol. The van der Waals surface area contributed by atoms with Crippen LogP contribution in [-0.2, 0) is 10.0 Å². The van der Waals surface area contributed by atoms with Crippen LogP contribution in [0.1, 0.15) is 20.8 Å². The molecule has 16 heavy (non-hydrogen) atoms. The van der Waals surface area contributed by atoms with Crippen LogP contribution in [0.4, 0.5) is 5.82 Å². The quantitative estimate of drug-likeness (QED) is 0.904. The first-order chi connectivity index (χ1) is 7.18. The number of nitrogens with zero attached hydrogens (tertiary/aromatic N) is 2. The largest absolute Gasteiger partial charge is 0.266 e. The predicted octanol–water partition coefficient (Wildman–Crippen LogP) is 1.92. The van der Waals surface area contributed by atoms with Crippen LogP contribution in [0.3, 0.4) is 0 Å². The molecule has 1 aromatic heterocycles. The van der Waals surface area contributed by atoms with Crippen LogP contribution in [0.5, 0.6) is 0 Å². The Morgan fingerprint density at radius 1 is 1.38 bits per heavy atom. The average molecular weight is 264 g/mol. The van der Waals surface area contributed by atoms with Gasteiger partial charge in [0.15, 0.2) is 5.82 Å². The first-order valence-corrected chi connectivity index (χ1v) is 6.69.